The first-order chi connectivity index (χ1) is 12.7. The molecule has 3 fully saturated rings. The number of rotatable bonds is 3. The largest absolute Gasteiger partial charge is 0.469 e. The summed E-state index contributed by atoms with van der Waals surface area (Å²) in [6.45, 7) is 7.04. The van der Waals surface area contributed by atoms with Gasteiger partial charge in [-0.2, -0.15) is 0 Å². The lowest BCUT2D eigenvalue weighted by molar-refractivity contribution is -0.141. The molecule has 3 heteroatoms. The average Bonchev–Trinajstić information content (AvgIpc) is 2.96. The lowest BCUT2D eigenvalue weighted by atomic mass is 9.46. The van der Waals surface area contributed by atoms with Crippen LogP contribution in [-0.4, -0.2) is 23.8 Å². The van der Waals surface area contributed by atoms with Gasteiger partial charge in [0.25, 0.3) is 0 Å². The number of hydrogen-bond acceptors (Lipinski definition) is 3. The highest BCUT2D eigenvalue weighted by Crippen LogP contribution is 2.67. The predicted octanol–water partition coefficient (Wildman–Crippen LogP) is 5.27. The van der Waals surface area contributed by atoms with Gasteiger partial charge in [-0.1, -0.05) is 25.5 Å². The number of allylic oxidation sites excluding steroid dienone is 1. The van der Waals surface area contributed by atoms with E-state index in [1.165, 1.54) is 39.2 Å². The van der Waals surface area contributed by atoms with Gasteiger partial charge in [-0.3, -0.25) is 4.79 Å². The summed E-state index contributed by atoms with van der Waals surface area (Å²) in [4.78, 5) is 11.7. The highest BCUT2D eigenvalue weighted by atomic mass is 16.5. The first-order valence-corrected chi connectivity index (χ1v) is 11.2. The fourth-order valence-corrected chi connectivity index (χ4v) is 7.78. The molecule has 0 heterocycles. The van der Waals surface area contributed by atoms with Crippen LogP contribution in [0.5, 0.6) is 0 Å². The minimum absolute atomic E-state index is 0.0530. The Bertz CT molecular complexity index is 636. The van der Waals surface area contributed by atoms with E-state index in [0.717, 1.165) is 43.4 Å². The second kappa shape index (κ2) is 6.61. The number of methoxy groups -OCH3 is 1. The van der Waals surface area contributed by atoms with E-state index in [9.17, 15) is 9.90 Å². The molecule has 27 heavy (non-hydrogen) atoms. The molecule has 0 saturated heterocycles. The van der Waals surface area contributed by atoms with Crippen molar-refractivity contribution in [2.45, 2.75) is 90.6 Å². The summed E-state index contributed by atoms with van der Waals surface area (Å²) in [6, 6.07) is 0. The van der Waals surface area contributed by atoms with Crippen LogP contribution in [0.3, 0.4) is 0 Å². The maximum absolute atomic E-state index is 11.7. The van der Waals surface area contributed by atoms with E-state index in [4.69, 9.17) is 4.74 Å². The predicted molar refractivity (Wildman–Crippen MR) is 107 cm³/mol. The second-order valence-corrected chi connectivity index (χ2v) is 10.9. The van der Waals surface area contributed by atoms with Crippen LogP contribution in [0.25, 0.3) is 0 Å². The van der Waals surface area contributed by atoms with Crippen LogP contribution in [0.4, 0.5) is 0 Å². The van der Waals surface area contributed by atoms with Crippen molar-refractivity contribution in [3.05, 3.63) is 11.6 Å². The third-order valence-electron chi connectivity index (χ3n) is 9.50. The molecular formula is C24H38O3. The zero-order valence-corrected chi connectivity index (χ0v) is 17.7. The molecule has 7 atom stereocenters. The maximum Gasteiger partial charge on any atom is 0.305 e. The average molecular weight is 375 g/mol. The molecule has 4 aliphatic carbocycles. The molecule has 0 radical (unpaired) electrons. The van der Waals surface area contributed by atoms with Gasteiger partial charge < -0.3 is 9.84 Å². The Hall–Kier alpha value is -0.830. The quantitative estimate of drug-likeness (QED) is 0.541. The molecule has 3 saturated carbocycles. The van der Waals surface area contributed by atoms with Gasteiger partial charge in [0.1, 0.15) is 0 Å². The normalized spacial score (nSPS) is 48.9. The first-order valence-electron chi connectivity index (χ1n) is 11.2. The lowest BCUT2D eigenvalue weighted by Gasteiger charge is -2.59. The van der Waals surface area contributed by atoms with Crippen molar-refractivity contribution in [3.63, 3.8) is 0 Å². The molecule has 152 valence electrons. The van der Waals surface area contributed by atoms with Crippen molar-refractivity contribution in [3.8, 4) is 0 Å². The summed E-state index contributed by atoms with van der Waals surface area (Å²) in [6.07, 6.45) is 13.5. The molecule has 0 amide bonds. The molecule has 3 nitrogen and oxygen atoms in total. The minimum Gasteiger partial charge on any atom is -0.469 e. The fourth-order valence-electron chi connectivity index (χ4n) is 7.78. The molecular weight excluding hydrogens is 336 g/mol. The lowest BCUT2D eigenvalue weighted by Crippen LogP contribution is -2.51. The Kier molecular flexibility index (Phi) is 4.77. The highest BCUT2D eigenvalue weighted by molar-refractivity contribution is 5.69. The number of carbonyl (C=O) groups is 1. The molecule has 0 spiro atoms. The summed E-state index contributed by atoms with van der Waals surface area (Å²) in [5, 5.41) is 10.6. The van der Waals surface area contributed by atoms with Crippen LogP contribution in [0.1, 0.15) is 85.0 Å². The zero-order chi connectivity index (χ0) is 19.4. The Morgan fingerprint density at radius 2 is 1.93 bits per heavy atom. The highest BCUT2D eigenvalue weighted by Gasteiger charge is 2.58. The van der Waals surface area contributed by atoms with E-state index in [-0.39, 0.29) is 5.97 Å². The smallest absolute Gasteiger partial charge is 0.305 e. The molecule has 4 rings (SSSR count). The van der Waals surface area contributed by atoms with Gasteiger partial charge in [0.2, 0.25) is 0 Å². The van der Waals surface area contributed by atoms with Gasteiger partial charge in [-0.15, -0.1) is 0 Å². The molecule has 0 aromatic carbocycles. The number of fused-ring (bicyclic) bond motifs is 5. The van der Waals surface area contributed by atoms with Gasteiger partial charge in [0.15, 0.2) is 0 Å². The third-order valence-corrected chi connectivity index (χ3v) is 9.50. The Morgan fingerprint density at radius 3 is 2.67 bits per heavy atom. The molecule has 0 aliphatic heterocycles. The van der Waals surface area contributed by atoms with Crippen LogP contribution in [0, 0.1) is 34.5 Å². The summed E-state index contributed by atoms with van der Waals surface area (Å²) in [5.41, 5.74) is 1.74. The van der Waals surface area contributed by atoms with Gasteiger partial charge in [0.05, 0.1) is 12.7 Å². The molecule has 0 aromatic heterocycles. The fraction of sp³-hybridized carbons (Fsp3) is 0.875. The van der Waals surface area contributed by atoms with Crippen molar-refractivity contribution >= 4 is 5.97 Å². The summed E-state index contributed by atoms with van der Waals surface area (Å²) >= 11 is 0. The summed E-state index contributed by atoms with van der Waals surface area (Å²) in [5.74, 6) is 3.00. The van der Waals surface area contributed by atoms with Gasteiger partial charge in [-0.05, 0) is 99.2 Å². The molecule has 0 aromatic rings. The van der Waals surface area contributed by atoms with E-state index in [2.05, 4.69) is 19.9 Å². The SMILES string of the molecule is COC(=O)CC[C@H]1CC[C@H]2C3CC=C4C[C@@](C)(O)CC[C@]4(C)[C@H]3CCC12C. The zero-order valence-electron chi connectivity index (χ0n) is 17.7. The molecule has 4 aliphatic rings. The van der Waals surface area contributed by atoms with Crippen LogP contribution in [-0.2, 0) is 9.53 Å². The number of carbonyl (C=O) groups excluding carboxylic acids is 1. The van der Waals surface area contributed by atoms with Gasteiger partial charge in [-0.25, -0.2) is 0 Å². The monoisotopic (exact) mass is 374 g/mol. The van der Waals surface area contributed by atoms with Crippen molar-refractivity contribution < 1.29 is 14.6 Å². The maximum atomic E-state index is 11.7. The van der Waals surface area contributed by atoms with E-state index in [1.807, 2.05) is 6.92 Å². The number of esters is 1. The van der Waals surface area contributed by atoms with Crippen LogP contribution in [0.15, 0.2) is 11.6 Å². The van der Waals surface area contributed by atoms with E-state index >= 15 is 0 Å². The Labute approximate surface area is 164 Å². The topological polar surface area (TPSA) is 46.5 Å². The molecule has 0 bridgehead atoms. The van der Waals surface area contributed by atoms with Crippen LogP contribution < -0.4 is 0 Å². The minimum atomic E-state index is -0.506. The van der Waals surface area contributed by atoms with Gasteiger partial charge >= 0.3 is 5.97 Å². The molecule has 1 N–H and O–H groups in total. The van der Waals surface area contributed by atoms with Crippen molar-refractivity contribution in [1.29, 1.82) is 0 Å². The Balaban J connectivity index is 1.54. The summed E-state index contributed by atoms with van der Waals surface area (Å²) < 4.78 is 4.89. The van der Waals surface area contributed by atoms with E-state index < -0.39 is 5.60 Å². The van der Waals surface area contributed by atoms with E-state index in [0.29, 0.717) is 23.2 Å². The Morgan fingerprint density at radius 1 is 1.15 bits per heavy atom. The van der Waals surface area contributed by atoms with Crippen molar-refractivity contribution in [2.75, 3.05) is 7.11 Å². The standard InChI is InChI=1S/C24H38O3/c1-22(26)13-14-24(3)17(15-22)5-8-18-19-9-6-16(7-10-21(25)27-4)23(19,2)12-11-20(18)24/h5,16,18-20,26H,6-15H2,1-4H3/t16-,18?,19+,20+,22+,23?,24+/m1/s1. The first kappa shape index (κ1) is 19.5. The summed E-state index contributed by atoms with van der Waals surface area (Å²) in [7, 11) is 1.50. The van der Waals surface area contributed by atoms with Crippen molar-refractivity contribution in [1.82, 2.24) is 0 Å². The second-order valence-electron chi connectivity index (χ2n) is 10.9. The van der Waals surface area contributed by atoms with Crippen LogP contribution >= 0.6 is 0 Å². The molecule has 2 unspecified atom stereocenters. The van der Waals surface area contributed by atoms with Gasteiger partial charge in [0, 0.05) is 6.42 Å². The van der Waals surface area contributed by atoms with Crippen molar-refractivity contribution in [2.24, 2.45) is 34.5 Å². The third kappa shape index (κ3) is 3.09. The number of aliphatic hydroxyl groups is 1. The van der Waals surface area contributed by atoms with Crippen LogP contribution in [0.2, 0.25) is 0 Å². The number of hydrogen-bond donors (Lipinski definition) is 1. The number of ether oxygens (including phenoxy) is 1. The van der Waals surface area contributed by atoms with E-state index in [1.54, 1.807) is 5.57 Å².